The van der Waals surface area contributed by atoms with E-state index in [2.05, 4.69) is 42.2 Å². The molecule has 1 fully saturated rings. The summed E-state index contributed by atoms with van der Waals surface area (Å²) in [5, 5.41) is 64.9. The second-order valence-corrected chi connectivity index (χ2v) is 21.1. The molecule has 0 aliphatic carbocycles. The van der Waals surface area contributed by atoms with E-state index < -0.39 is 163 Å². The number of primary amides is 1. The number of ether oxygens (including phenoxy) is 1. The Kier molecular flexibility index (Phi) is 29.2. The van der Waals surface area contributed by atoms with Crippen molar-refractivity contribution in [2.45, 2.75) is 174 Å². The molecule has 13 atom stereocenters. The lowest BCUT2D eigenvalue weighted by atomic mass is 9.95. The van der Waals surface area contributed by atoms with E-state index >= 15 is 0 Å². The van der Waals surface area contributed by atoms with Crippen molar-refractivity contribution in [1.29, 1.82) is 0 Å². The maximum absolute atomic E-state index is 14.9. The Hall–Kier alpha value is -7.50. The fourth-order valence-electron chi connectivity index (χ4n) is 8.06. The zero-order valence-corrected chi connectivity index (χ0v) is 47.4. The number of hydrogen-bond acceptors (Lipinski definition) is 17. The minimum absolute atomic E-state index is 0.0174. The summed E-state index contributed by atoms with van der Waals surface area (Å²) in [6, 6.07) is -7.33. The van der Waals surface area contributed by atoms with Crippen LogP contribution in [0.2, 0.25) is 0 Å². The van der Waals surface area contributed by atoms with E-state index in [1.807, 2.05) is 24.5 Å². The maximum Gasteiger partial charge on any atom is 0.331 e. The van der Waals surface area contributed by atoms with Crippen LogP contribution in [0.15, 0.2) is 35.3 Å². The molecule has 1 heterocycles. The molecular weight excluding hydrogens is 1060 g/mol. The van der Waals surface area contributed by atoms with E-state index in [9.17, 15) is 73.2 Å². The summed E-state index contributed by atoms with van der Waals surface area (Å²) in [7, 11) is 0. The molecule has 1 aliphatic rings. The summed E-state index contributed by atoms with van der Waals surface area (Å²) in [6.07, 6.45) is -7.58. The summed E-state index contributed by atoms with van der Waals surface area (Å²) < 4.78 is 5.83. The number of rotatable bonds is 19. The number of nitrogens with one attached hydrogen (secondary N) is 9. The number of cyclic esters (lactones) is 1. The number of guanidine groups is 1. The van der Waals surface area contributed by atoms with Crippen molar-refractivity contribution >= 4 is 71.0 Å². The van der Waals surface area contributed by atoms with Gasteiger partial charge in [-0.15, -0.1) is 0 Å². The van der Waals surface area contributed by atoms with E-state index in [0.29, 0.717) is 6.42 Å². The third-order valence-corrected chi connectivity index (χ3v) is 13.0. The molecule has 29 heteroatoms. The highest BCUT2D eigenvalue weighted by Gasteiger charge is 2.43. The number of aliphatic hydroxyl groups excluding tert-OH is 4. The van der Waals surface area contributed by atoms with Gasteiger partial charge in [-0.25, -0.2) is 4.79 Å². The minimum atomic E-state index is -2.53. The molecule has 0 spiro atoms. The molecular formula is C52H85N13O16. The van der Waals surface area contributed by atoms with Gasteiger partial charge in [-0.3, -0.25) is 52.9 Å². The van der Waals surface area contributed by atoms with Crippen LogP contribution < -0.4 is 65.1 Å². The number of amides is 10. The second kappa shape index (κ2) is 33.9. The number of nitrogens with zero attached hydrogens (tertiary/aromatic N) is 1. The molecule has 454 valence electrons. The monoisotopic (exact) mass is 1150 g/mol. The van der Waals surface area contributed by atoms with Crippen molar-refractivity contribution in [3.05, 3.63) is 35.9 Å². The van der Waals surface area contributed by atoms with Gasteiger partial charge in [0.05, 0.1) is 25.4 Å². The quantitative estimate of drug-likeness (QED) is 0.0267. The lowest BCUT2D eigenvalue weighted by molar-refractivity contribution is -0.159. The number of carbonyl (C=O) groups is 11. The van der Waals surface area contributed by atoms with Gasteiger partial charge in [-0.2, -0.15) is 0 Å². The first-order valence-corrected chi connectivity index (χ1v) is 26.9. The number of nitrogens with two attached hydrogens (primary N) is 3. The lowest BCUT2D eigenvalue weighted by Crippen LogP contribution is -2.63. The predicted molar refractivity (Wildman–Crippen MR) is 291 cm³/mol. The Labute approximate surface area is 470 Å². The van der Waals surface area contributed by atoms with Gasteiger partial charge in [0.15, 0.2) is 24.2 Å². The molecule has 81 heavy (non-hydrogen) atoms. The predicted octanol–water partition coefficient (Wildman–Crippen LogP) is -4.90. The first-order chi connectivity index (χ1) is 37.9. The summed E-state index contributed by atoms with van der Waals surface area (Å²) in [4.78, 5) is 157. The largest absolute Gasteiger partial charge is 0.453 e. The van der Waals surface area contributed by atoms with Gasteiger partial charge in [-0.1, -0.05) is 92.1 Å². The molecule has 2 unspecified atom stereocenters. The fourth-order valence-corrected chi connectivity index (χ4v) is 8.06. The standard InChI is InChI=1S/C52H85N13O16/c1-10-27(8)35-47(76)64-36(28(9)67)46(75)57-22-34(69)62-38(41(71)43(53)72)49(78)60-32(23-66)51(80)81-42(29-15-12-11-13-16-29)39(61-33(68)19-18-24(2)3)50(79)65-37(40(70)26(6)7)48(77)59-31(21-25(4)5)45(74)58-30(44(73)63-35)17-14-20-56-52(54)55/h11-13,15-16,24-28,30-32,35-42,66-67,70-71H,10,14,17-23H2,1-9H3,(H2,53,72)(H,57,75)(H,58,74)(H,59,77)(H,60,78)(H,61,68)(H,62,69)(H,63,73)(H,64,76)(H,65,79)(H4,54,55,56)/t27-,28-,30+,31-,32-,35?,36?,37-,38-,39-,40+,41-,42+/m0/s1. The summed E-state index contributed by atoms with van der Waals surface area (Å²) in [6.45, 7) is 12.2. The van der Waals surface area contributed by atoms with E-state index in [1.54, 1.807) is 33.8 Å². The van der Waals surface area contributed by atoms with Crippen molar-refractivity contribution in [3.8, 4) is 0 Å². The number of aliphatic hydroxyl groups is 4. The highest BCUT2D eigenvalue weighted by molar-refractivity contribution is 5.99. The van der Waals surface area contributed by atoms with Crippen LogP contribution in [0.25, 0.3) is 0 Å². The number of aliphatic imine (C=N–C) groups is 1. The molecule has 10 amide bonds. The van der Waals surface area contributed by atoms with Crippen LogP contribution in [0.4, 0.5) is 0 Å². The molecule has 0 radical (unpaired) electrons. The van der Waals surface area contributed by atoms with Crippen molar-refractivity contribution in [1.82, 2.24) is 47.9 Å². The van der Waals surface area contributed by atoms with Crippen molar-refractivity contribution in [2.75, 3.05) is 19.7 Å². The first-order valence-electron chi connectivity index (χ1n) is 26.9. The molecule has 0 aromatic heterocycles. The van der Waals surface area contributed by atoms with Crippen molar-refractivity contribution < 1.29 is 77.9 Å². The van der Waals surface area contributed by atoms with Gasteiger partial charge >= 0.3 is 5.97 Å². The van der Waals surface area contributed by atoms with Gasteiger partial charge < -0.3 is 90.2 Å². The van der Waals surface area contributed by atoms with Crippen LogP contribution in [0.3, 0.4) is 0 Å². The Morgan fingerprint density at radius 3 is 1.78 bits per heavy atom. The summed E-state index contributed by atoms with van der Waals surface area (Å²) in [5.41, 5.74) is 16.4. The van der Waals surface area contributed by atoms with Crippen LogP contribution in [0, 0.1) is 23.7 Å². The SMILES string of the molecule is CC[C@H](C)C1NC(=O)[C@@H](CCCN=C(N)N)NC(=O)[C@H](CC(C)C)NC(=O)[C@H]([C@H](O)C(C)C)NC(=O)[C@@H](NC(=O)CCC(C)C)[C@@H](c2ccccc2)OC(=O)[C@H](CO)NC(=O)[C@H]([C@H](O)C(N)=O)NC(=O)CNC(=O)C([C@H](C)O)NC1=O. The Morgan fingerprint density at radius 1 is 0.679 bits per heavy atom. The van der Waals surface area contributed by atoms with Crippen molar-refractivity contribution in [2.24, 2.45) is 45.9 Å². The van der Waals surface area contributed by atoms with Crippen LogP contribution >= 0.6 is 0 Å². The normalized spacial score (nSPS) is 25.3. The van der Waals surface area contributed by atoms with Gasteiger partial charge in [0.1, 0.15) is 42.3 Å². The number of benzene rings is 1. The highest BCUT2D eigenvalue weighted by Crippen LogP contribution is 2.24. The molecule has 19 N–H and O–H groups in total. The molecule has 1 aromatic carbocycles. The van der Waals surface area contributed by atoms with Crippen LogP contribution in [-0.4, -0.2) is 178 Å². The summed E-state index contributed by atoms with van der Waals surface area (Å²) in [5.74, 6) is -15.1. The average molecular weight is 1150 g/mol. The van der Waals surface area contributed by atoms with E-state index in [-0.39, 0.29) is 62.0 Å². The first kappa shape index (κ1) is 69.6. The van der Waals surface area contributed by atoms with Crippen LogP contribution in [-0.2, 0) is 57.5 Å². The molecule has 2 rings (SSSR count). The maximum atomic E-state index is 14.9. The molecule has 1 aliphatic heterocycles. The Balaban J connectivity index is 3.01. The molecule has 0 saturated carbocycles. The third kappa shape index (κ3) is 22.9. The van der Waals surface area contributed by atoms with Crippen molar-refractivity contribution in [3.63, 3.8) is 0 Å². The number of hydrogen-bond donors (Lipinski definition) is 16. The fraction of sp³-hybridized carbons (Fsp3) is 0.654. The van der Waals surface area contributed by atoms with Crippen LogP contribution in [0.1, 0.15) is 113 Å². The summed E-state index contributed by atoms with van der Waals surface area (Å²) >= 11 is 0. The van der Waals surface area contributed by atoms with E-state index in [4.69, 9.17) is 21.9 Å². The highest BCUT2D eigenvalue weighted by atomic mass is 16.5. The average Bonchev–Trinajstić information content (AvgIpc) is 3.41. The van der Waals surface area contributed by atoms with Gasteiger partial charge in [0, 0.05) is 13.0 Å². The smallest absolute Gasteiger partial charge is 0.331 e. The van der Waals surface area contributed by atoms with E-state index in [1.165, 1.54) is 38.1 Å². The van der Waals surface area contributed by atoms with Gasteiger partial charge in [-0.05, 0) is 61.8 Å². The Morgan fingerprint density at radius 2 is 1.23 bits per heavy atom. The molecule has 1 aromatic rings. The lowest BCUT2D eigenvalue weighted by Gasteiger charge is -2.33. The Bertz CT molecular complexity index is 2350. The second-order valence-electron chi connectivity index (χ2n) is 21.1. The van der Waals surface area contributed by atoms with Gasteiger partial charge in [0.2, 0.25) is 59.1 Å². The van der Waals surface area contributed by atoms with E-state index in [0.717, 1.165) is 6.92 Å². The third-order valence-electron chi connectivity index (χ3n) is 13.0. The van der Waals surface area contributed by atoms with Gasteiger partial charge in [0.25, 0.3) is 0 Å². The topological polar surface area (TPSA) is 477 Å². The number of esters is 1. The zero-order valence-electron chi connectivity index (χ0n) is 47.4. The molecule has 0 bridgehead atoms. The minimum Gasteiger partial charge on any atom is -0.453 e. The van der Waals surface area contributed by atoms with Crippen LogP contribution in [0.5, 0.6) is 0 Å². The number of carbonyl (C=O) groups excluding carboxylic acids is 11. The zero-order chi connectivity index (χ0) is 61.4. The molecule has 1 saturated heterocycles. The molecule has 29 nitrogen and oxygen atoms in total.